The van der Waals surface area contributed by atoms with Crippen molar-refractivity contribution >= 4 is 27.9 Å². The number of nitrogens with two attached hydrogens (primary N) is 1. The second-order valence-corrected chi connectivity index (χ2v) is 5.68. The molecule has 0 unspecified atom stereocenters. The van der Waals surface area contributed by atoms with Crippen LogP contribution in [0, 0.1) is 5.41 Å². The summed E-state index contributed by atoms with van der Waals surface area (Å²) in [5.41, 5.74) is 7.11. The first-order valence-corrected chi connectivity index (χ1v) is 7.36. The number of nitrogen functional groups attached to an aromatic ring is 1. The lowest BCUT2D eigenvalue weighted by Crippen LogP contribution is -2.12. The fraction of sp³-hybridized carbons (Fsp3) is 0.125. The topological polar surface area (TPSA) is 62.8 Å². The number of aryl methyl sites for hydroxylation is 2. The summed E-state index contributed by atoms with van der Waals surface area (Å²) in [7, 11) is 0. The Bertz CT molecular complexity index is 744. The molecule has 3 aromatic rings. The maximum atomic E-state index is 7.33. The van der Waals surface area contributed by atoms with Crippen molar-refractivity contribution in [3.8, 4) is 0 Å². The molecule has 0 aliphatic carbocycles. The van der Waals surface area contributed by atoms with Crippen LogP contribution in [0.1, 0.15) is 16.1 Å². The fourth-order valence-electron chi connectivity index (χ4n) is 2.23. The molecule has 0 radical (unpaired) electrons. The Morgan fingerprint density at radius 3 is 2.75 bits per heavy atom. The average Bonchev–Trinajstić information content (AvgIpc) is 2.89. The minimum Gasteiger partial charge on any atom is -0.382 e. The SMILES string of the molecule is N=C(N)c1ccc(CCc2scc3ccccc23)cn1. The highest BCUT2D eigenvalue weighted by Crippen LogP contribution is 2.26. The Hall–Kier alpha value is -2.20. The highest BCUT2D eigenvalue weighted by molar-refractivity contribution is 7.11. The van der Waals surface area contributed by atoms with E-state index in [9.17, 15) is 0 Å². The van der Waals surface area contributed by atoms with E-state index in [0.29, 0.717) is 5.69 Å². The maximum Gasteiger partial charge on any atom is 0.141 e. The predicted octanol–water partition coefficient (Wildman–Crippen LogP) is 3.37. The highest BCUT2D eigenvalue weighted by Gasteiger charge is 2.04. The van der Waals surface area contributed by atoms with Gasteiger partial charge in [0.15, 0.2) is 0 Å². The summed E-state index contributed by atoms with van der Waals surface area (Å²) in [4.78, 5) is 5.61. The molecule has 2 aromatic heterocycles. The van der Waals surface area contributed by atoms with Crippen LogP contribution in [-0.2, 0) is 12.8 Å². The van der Waals surface area contributed by atoms with Crippen LogP contribution in [0.25, 0.3) is 10.8 Å². The monoisotopic (exact) mass is 281 g/mol. The number of aromatic nitrogens is 1. The van der Waals surface area contributed by atoms with Gasteiger partial charge in [-0.1, -0.05) is 30.3 Å². The normalized spacial score (nSPS) is 10.8. The van der Waals surface area contributed by atoms with E-state index < -0.39 is 0 Å². The summed E-state index contributed by atoms with van der Waals surface area (Å²) in [5.74, 6) is 0.0146. The van der Waals surface area contributed by atoms with Gasteiger partial charge in [-0.05, 0) is 40.6 Å². The van der Waals surface area contributed by atoms with E-state index >= 15 is 0 Å². The number of thiophene rings is 1. The third-order valence-electron chi connectivity index (χ3n) is 3.33. The van der Waals surface area contributed by atoms with Crippen molar-refractivity contribution in [1.82, 2.24) is 4.98 Å². The molecule has 0 bridgehead atoms. The van der Waals surface area contributed by atoms with Crippen molar-refractivity contribution < 1.29 is 0 Å². The lowest BCUT2D eigenvalue weighted by atomic mass is 10.1. The zero-order valence-electron chi connectivity index (χ0n) is 11.0. The molecule has 0 spiro atoms. The van der Waals surface area contributed by atoms with E-state index in [1.54, 1.807) is 0 Å². The van der Waals surface area contributed by atoms with Crippen molar-refractivity contribution in [1.29, 1.82) is 5.41 Å². The number of amidine groups is 1. The molecule has 0 saturated carbocycles. The van der Waals surface area contributed by atoms with Gasteiger partial charge in [-0.3, -0.25) is 10.4 Å². The first-order valence-electron chi connectivity index (χ1n) is 6.48. The third-order valence-corrected chi connectivity index (χ3v) is 4.41. The fourth-order valence-corrected chi connectivity index (χ4v) is 3.24. The molecular weight excluding hydrogens is 266 g/mol. The number of hydrogen-bond acceptors (Lipinski definition) is 3. The van der Waals surface area contributed by atoms with Crippen LogP contribution in [0.2, 0.25) is 0 Å². The van der Waals surface area contributed by atoms with Crippen LogP contribution < -0.4 is 5.73 Å². The van der Waals surface area contributed by atoms with E-state index in [1.807, 2.05) is 29.7 Å². The van der Waals surface area contributed by atoms with Gasteiger partial charge in [0.25, 0.3) is 0 Å². The Morgan fingerprint density at radius 2 is 2.00 bits per heavy atom. The number of benzene rings is 1. The van der Waals surface area contributed by atoms with Crippen LogP contribution in [0.4, 0.5) is 0 Å². The maximum absolute atomic E-state index is 7.33. The van der Waals surface area contributed by atoms with Gasteiger partial charge in [-0.15, -0.1) is 11.3 Å². The molecule has 3 N–H and O–H groups in total. The van der Waals surface area contributed by atoms with Crippen molar-refractivity contribution in [2.75, 3.05) is 0 Å². The van der Waals surface area contributed by atoms with Crippen LogP contribution in [0.3, 0.4) is 0 Å². The number of nitrogens with zero attached hydrogens (tertiary/aromatic N) is 1. The Morgan fingerprint density at radius 1 is 1.15 bits per heavy atom. The van der Waals surface area contributed by atoms with Crippen molar-refractivity contribution in [3.63, 3.8) is 0 Å². The molecule has 0 fully saturated rings. The predicted molar refractivity (Wildman–Crippen MR) is 84.5 cm³/mol. The molecule has 20 heavy (non-hydrogen) atoms. The molecule has 3 rings (SSSR count). The Labute approximate surface area is 121 Å². The smallest absolute Gasteiger partial charge is 0.141 e. The van der Waals surface area contributed by atoms with Gasteiger partial charge in [0.05, 0.1) is 0 Å². The number of rotatable bonds is 4. The van der Waals surface area contributed by atoms with Crippen molar-refractivity contribution in [2.24, 2.45) is 5.73 Å². The van der Waals surface area contributed by atoms with Gasteiger partial charge in [0.1, 0.15) is 11.5 Å². The summed E-state index contributed by atoms with van der Waals surface area (Å²) >= 11 is 1.82. The first-order chi connectivity index (χ1) is 9.74. The second-order valence-electron chi connectivity index (χ2n) is 4.71. The van der Waals surface area contributed by atoms with Gasteiger partial charge < -0.3 is 5.73 Å². The molecule has 2 heterocycles. The van der Waals surface area contributed by atoms with E-state index in [2.05, 4.69) is 34.6 Å². The minimum atomic E-state index is 0.0146. The van der Waals surface area contributed by atoms with Gasteiger partial charge >= 0.3 is 0 Å². The van der Waals surface area contributed by atoms with Gasteiger partial charge in [0.2, 0.25) is 0 Å². The number of pyridine rings is 1. The second kappa shape index (κ2) is 5.43. The van der Waals surface area contributed by atoms with E-state index in [-0.39, 0.29) is 5.84 Å². The van der Waals surface area contributed by atoms with Crippen molar-refractivity contribution in [2.45, 2.75) is 12.8 Å². The molecule has 0 amide bonds. The number of nitrogens with one attached hydrogen (secondary N) is 1. The summed E-state index contributed by atoms with van der Waals surface area (Å²) in [6.45, 7) is 0. The zero-order valence-corrected chi connectivity index (χ0v) is 11.8. The standard InChI is InChI=1S/C16H15N3S/c17-16(18)14-7-5-11(9-19-14)6-8-15-13-4-2-1-3-12(13)10-20-15/h1-5,7,9-10H,6,8H2,(H3,17,18). The largest absolute Gasteiger partial charge is 0.382 e. The molecule has 1 aromatic carbocycles. The van der Waals surface area contributed by atoms with E-state index in [1.165, 1.54) is 21.2 Å². The Kier molecular flexibility index (Phi) is 3.48. The summed E-state index contributed by atoms with van der Waals surface area (Å²) in [6.07, 6.45) is 3.78. The third kappa shape index (κ3) is 2.56. The quantitative estimate of drug-likeness (QED) is 0.569. The van der Waals surface area contributed by atoms with E-state index in [0.717, 1.165) is 12.8 Å². The molecule has 0 atom stereocenters. The highest BCUT2D eigenvalue weighted by atomic mass is 32.1. The molecule has 4 heteroatoms. The summed E-state index contributed by atoms with van der Waals surface area (Å²) in [5, 5.41) is 12.2. The van der Waals surface area contributed by atoms with Crippen LogP contribution >= 0.6 is 11.3 Å². The molecular formula is C16H15N3S. The molecule has 0 aliphatic heterocycles. The average molecular weight is 281 g/mol. The van der Waals surface area contributed by atoms with E-state index in [4.69, 9.17) is 11.1 Å². The molecule has 3 nitrogen and oxygen atoms in total. The molecule has 100 valence electrons. The van der Waals surface area contributed by atoms with Crippen molar-refractivity contribution in [3.05, 3.63) is 64.1 Å². The number of fused-ring (bicyclic) bond motifs is 1. The summed E-state index contributed by atoms with van der Waals surface area (Å²) in [6, 6.07) is 12.3. The first kappa shape index (κ1) is 12.8. The lowest BCUT2D eigenvalue weighted by molar-refractivity contribution is 0.972. The Balaban J connectivity index is 1.74. The van der Waals surface area contributed by atoms with Gasteiger partial charge in [-0.2, -0.15) is 0 Å². The van der Waals surface area contributed by atoms with Crippen LogP contribution in [0.5, 0.6) is 0 Å². The van der Waals surface area contributed by atoms with Gasteiger partial charge in [0, 0.05) is 11.1 Å². The summed E-state index contributed by atoms with van der Waals surface area (Å²) < 4.78 is 0. The van der Waals surface area contributed by atoms with Gasteiger partial charge in [-0.25, -0.2) is 0 Å². The molecule has 0 saturated heterocycles. The lowest BCUT2D eigenvalue weighted by Gasteiger charge is -2.02. The zero-order chi connectivity index (χ0) is 13.9. The molecule has 0 aliphatic rings. The number of hydrogen-bond donors (Lipinski definition) is 2. The van der Waals surface area contributed by atoms with Crippen LogP contribution in [0.15, 0.2) is 48.0 Å². The van der Waals surface area contributed by atoms with Crippen LogP contribution in [-0.4, -0.2) is 10.8 Å². The minimum absolute atomic E-state index is 0.0146.